The van der Waals surface area contributed by atoms with Gasteiger partial charge in [-0.1, -0.05) is 51.1 Å². The van der Waals surface area contributed by atoms with E-state index in [9.17, 15) is 4.79 Å². The van der Waals surface area contributed by atoms with E-state index in [1.807, 2.05) is 37.3 Å². The van der Waals surface area contributed by atoms with Gasteiger partial charge in [0.25, 0.3) is 0 Å². The molecular weight excluding hydrogens is 373 g/mol. The molecule has 1 amide bonds. The molecular formula is C19H33Cl2N3O2. The van der Waals surface area contributed by atoms with Crippen LogP contribution in [0.25, 0.3) is 0 Å². The minimum Gasteiger partial charge on any atom is -0.379 e. The lowest BCUT2D eigenvalue weighted by Crippen LogP contribution is -2.52. The van der Waals surface area contributed by atoms with Crippen LogP contribution in [-0.4, -0.2) is 49.7 Å². The van der Waals surface area contributed by atoms with Crippen LogP contribution in [0.5, 0.6) is 0 Å². The molecule has 0 spiro atoms. The first-order valence-corrected chi connectivity index (χ1v) is 8.90. The molecule has 5 nitrogen and oxygen atoms in total. The number of hydrogen-bond acceptors (Lipinski definition) is 4. The van der Waals surface area contributed by atoms with Gasteiger partial charge in [-0.25, -0.2) is 0 Å². The molecule has 1 aromatic carbocycles. The molecule has 26 heavy (non-hydrogen) atoms. The van der Waals surface area contributed by atoms with E-state index < -0.39 is 0 Å². The monoisotopic (exact) mass is 405 g/mol. The predicted molar refractivity (Wildman–Crippen MR) is 111 cm³/mol. The molecule has 1 aliphatic heterocycles. The number of nitrogens with zero attached hydrogens (tertiary/aromatic N) is 1. The smallest absolute Gasteiger partial charge is 0.224 e. The molecule has 0 saturated carbocycles. The van der Waals surface area contributed by atoms with Crippen molar-refractivity contribution in [2.75, 3.05) is 32.8 Å². The molecule has 0 bridgehead atoms. The van der Waals surface area contributed by atoms with Gasteiger partial charge in [0.05, 0.1) is 19.1 Å². The number of nitrogens with two attached hydrogens (primary N) is 1. The lowest BCUT2D eigenvalue weighted by molar-refractivity contribution is -0.125. The molecule has 3 unspecified atom stereocenters. The maximum atomic E-state index is 12.5. The summed E-state index contributed by atoms with van der Waals surface area (Å²) in [4.78, 5) is 14.9. The van der Waals surface area contributed by atoms with Crippen LogP contribution in [0.1, 0.15) is 32.4 Å². The van der Waals surface area contributed by atoms with Crippen LogP contribution in [0.2, 0.25) is 0 Å². The van der Waals surface area contributed by atoms with Crippen molar-refractivity contribution in [2.45, 2.75) is 32.9 Å². The summed E-state index contributed by atoms with van der Waals surface area (Å²) in [5, 5.41) is 3.11. The molecule has 0 aliphatic carbocycles. The number of ether oxygens (including phenoxy) is 1. The number of nitrogens with one attached hydrogen (secondary N) is 1. The number of morpholine rings is 1. The highest BCUT2D eigenvalue weighted by molar-refractivity contribution is 5.85. The molecule has 7 heteroatoms. The maximum absolute atomic E-state index is 12.5. The van der Waals surface area contributed by atoms with Crippen LogP contribution in [0.3, 0.4) is 0 Å². The molecule has 0 radical (unpaired) electrons. The Bertz CT molecular complexity index is 511. The second-order valence-corrected chi connectivity index (χ2v) is 6.93. The average Bonchev–Trinajstić information content (AvgIpc) is 2.61. The van der Waals surface area contributed by atoms with E-state index in [4.69, 9.17) is 10.5 Å². The van der Waals surface area contributed by atoms with Gasteiger partial charge in [-0.05, 0) is 11.5 Å². The van der Waals surface area contributed by atoms with Crippen molar-refractivity contribution in [3.63, 3.8) is 0 Å². The Morgan fingerprint density at radius 3 is 2.27 bits per heavy atom. The fourth-order valence-electron chi connectivity index (χ4n) is 3.19. The Hall–Kier alpha value is -0.850. The van der Waals surface area contributed by atoms with Crippen molar-refractivity contribution in [1.29, 1.82) is 0 Å². The summed E-state index contributed by atoms with van der Waals surface area (Å²) in [6.07, 6.45) is 0. The molecule has 3 N–H and O–H groups in total. The normalized spacial score (nSPS) is 18.2. The van der Waals surface area contributed by atoms with Crippen molar-refractivity contribution < 1.29 is 9.53 Å². The first-order valence-electron chi connectivity index (χ1n) is 8.90. The van der Waals surface area contributed by atoms with Gasteiger partial charge in [0.15, 0.2) is 0 Å². The highest BCUT2D eigenvalue weighted by atomic mass is 35.5. The highest BCUT2D eigenvalue weighted by Gasteiger charge is 2.26. The van der Waals surface area contributed by atoms with Crippen LogP contribution >= 0.6 is 24.8 Å². The lowest BCUT2D eigenvalue weighted by atomic mass is 9.94. The topological polar surface area (TPSA) is 67.6 Å². The largest absolute Gasteiger partial charge is 0.379 e. The molecule has 1 aromatic rings. The number of hydrogen-bond donors (Lipinski definition) is 2. The second kappa shape index (κ2) is 12.5. The second-order valence-electron chi connectivity index (χ2n) is 6.93. The number of halogens is 2. The molecule has 1 aliphatic rings. The van der Waals surface area contributed by atoms with Crippen molar-refractivity contribution in [2.24, 2.45) is 17.6 Å². The van der Waals surface area contributed by atoms with E-state index in [1.54, 1.807) is 0 Å². The van der Waals surface area contributed by atoms with E-state index in [-0.39, 0.29) is 42.7 Å². The quantitative estimate of drug-likeness (QED) is 0.731. The van der Waals surface area contributed by atoms with Gasteiger partial charge in [-0.15, -0.1) is 24.8 Å². The molecule has 1 fully saturated rings. The fraction of sp³-hybridized carbons (Fsp3) is 0.632. The Labute approximate surface area is 169 Å². The summed E-state index contributed by atoms with van der Waals surface area (Å²) >= 11 is 0. The third kappa shape index (κ3) is 7.05. The standard InChI is InChI=1S/C19H31N3O2.2ClH/c1-14(2)17(22-9-11-24-12-10-22)13-21-19(23)15(3)18(20)16-7-5-4-6-8-16;;/h4-8,14-15,17-18H,9-13,20H2,1-3H3,(H,21,23);2*1H. The number of amides is 1. The lowest BCUT2D eigenvalue weighted by Gasteiger charge is -2.37. The van der Waals surface area contributed by atoms with Crippen molar-refractivity contribution in [3.8, 4) is 0 Å². The maximum Gasteiger partial charge on any atom is 0.224 e. The first kappa shape index (κ1) is 25.1. The SMILES string of the molecule is CC(C)C(CNC(=O)C(C)C(N)c1ccccc1)N1CCOCC1.Cl.Cl. The zero-order valence-electron chi connectivity index (χ0n) is 15.9. The third-order valence-electron chi connectivity index (χ3n) is 4.91. The first-order chi connectivity index (χ1) is 11.5. The summed E-state index contributed by atoms with van der Waals surface area (Å²) in [5.74, 6) is 0.233. The molecule has 1 saturated heterocycles. The molecule has 2 rings (SSSR count). The van der Waals surface area contributed by atoms with E-state index in [0.717, 1.165) is 31.9 Å². The van der Waals surface area contributed by atoms with Gasteiger partial charge in [0, 0.05) is 31.7 Å². The van der Waals surface area contributed by atoms with Gasteiger partial charge in [-0.3, -0.25) is 9.69 Å². The van der Waals surface area contributed by atoms with Crippen LogP contribution < -0.4 is 11.1 Å². The molecule has 0 aromatic heterocycles. The summed E-state index contributed by atoms with van der Waals surface area (Å²) in [7, 11) is 0. The zero-order valence-corrected chi connectivity index (χ0v) is 17.5. The number of rotatable bonds is 7. The molecule has 150 valence electrons. The Balaban J connectivity index is 0.00000312. The fourth-order valence-corrected chi connectivity index (χ4v) is 3.19. The predicted octanol–water partition coefficient (Wildman–Crippen LogP) is 2.64. The van der Waals surface area contributed by atoms with Gasteiger partial charge in [0.1, 0.15) is 0 Å². The Morgan fingerprint density at radius 2 is 1.73 bits per heavy atom. The van der Waals surface area contributed by atoms with Crippen molar-refractivity contribution in [1.82, 2.24) is 10.2 Å². The minimum absolute atomic E-state index is 0. The Kier molecular flexibility index (Phi) is 12.1. The van der Waals surface area contributed by atoms with E-state index >= 15 is 0 Å². The molecule has 1 heterocycles. The van der Waals surface area contributed by atoms with E-state index in [2.05, 4.69) is 24.1 Å². The van der Waals surface area contributed by atoms with Gasteiger partial charge >= 0.3 is 0 Å². The Morgan fingerprint density at radius 1 is 1.15 bits per heavy atom. The van der Waals surface area contributed by atoms with Gasteiger partial charge in [-0.2, -0.15) is 0 Å². The van der Waals surface area contributed by atoms with E-state index in [0.29, 0.717) is 18.5 Å². The van der Waals surface area contributed by atoms with Crippen LogP contribution in [-0.2, 0) is 9.53 Å². The minimum atomic E-state index is -0.285. The van der Waals surface area contributed by atoms with E-state index in [1.165, 1.54) is 0 Å². The van der Waals surface area contributed by atoms with Crippen LogP contribution in [0.4, 0.5) is 0 Å². The molecule has 3 atom stereocenters. The third-order valence-corrected chi connectivity index (χ3v) is 4.91. The summed E-state index contributed by atoms with van der Waals surface area (Å²) in [6, 6.07) is 9.85. The highest BCUT2D eigenvalue weighted by Crippen LogP contribution is 2.19. The van der Waals surface area contributed by atoms with Crippen molar-refractivity contribution in [3.05, 3.63) is 35.9 Å². The number of benzene rings is 1. The van der Waals surface area contributed by atoms with Gasteiger partial charge in [0.2, 0.25) is 5.91 Å². The van der Waals surface area contributed by atoms with Crippen LogP contribution in [0, 0.1) is 11.8 Å². The van der Waals surface area contributed by atoms with Crippen LogP contribution in [0.15, 0.2) is 30.3 Å². The van der Waals surface area contributed by atoms with Crippen molar-refractivity contribution >= 4 is 30.7 Å². The number of carbonyl (C=O) groups excluding carboxylic acids is 1. The summed E-state index contributed by atoms with van der Waals surface area (Å²) < 4.78 is 5.43. The zero-order chi connectivity index (χ0) is 17.5. The average molecular weight is 406 g/mol. The summed E-state index contributed by atoms with van der Waals surface area (Å²) in [5.41, 5.74) is 7.25. The van der Waals surface area contributed by atoms with Gasteiger partial charge < -0.3 is 15.8 Å². The summed E-state index contributed by atoms with van der Waals surface area (Å²) in [6.45, 7) is 10.3. The number of carbonyl (C=O) groups is 1.